The molecule has 39 heavy (non-hydrogen) atoms. The molecule has 2 aromatic rings. The molecule has 0 saturated carbocycles. The van der Waals surface area contributed by atoms with Gasteiger partial charge in [-0.1, -0.05) is 18.7 Å². The zero-order chi connectivity index (χ0) is 30.0. The van der Waals surface area contributed by atoms with Crippen LogP contribution in [0.25, 0.3) is 0 Å². The molecular weight excluding hydrogens is 512 g/mol. The maximum atomic E-state index is 11.7. The van der Waals surface area contributed by atoms with Crippen LogP contribution in [0.1, 0.15) is 32.3 Å². The molecule has 0 saturated heterocycles. The van der Waals surface area contributed by atoms with Gasteiger partial charge in [0.15, 0.2) is 0 Å². The highest BCUT2D eigenvalue weighted by Crippen LogP contribution is 2.32. The van der Waals surface area contributed by atoms with Crippen LogP contribution in [-0.2, 0) is 35.1 Å². The first-order valence-electron chi connectivity index (χ1n) is 11.5. The van der Waals surface area contributed by atoms with Gasteiger partial charge in [0.25, 0.3) is 0 Å². The molecule has 0 amide bonds. The molecule has 2 aromatic carbocycles. The van der Waals surface area contributed by atoms with Crippen molar-refractivity contribution in [1.29, 1.82) is 0 Å². The molecule has 3 rings (SSSR count). The van der Waals surface area contributed by atoms with Crippen LogP contribution in [-0.4, -0.2) is 57.5 Å². The number of aliphatic carboxylic acids is 1. The maximum absolute atomic E-state index is 11.7. The minimum absolute atomic E-state index is 0.0208. The number of esters is 3. The number of carboxylic acids is 1. The van der Waals surface area contributed by atoms with Crippen molar-refractivity contribution >= 4 is 23.9 Å². The fourth-order valence-corrected chi connectivity index (χ4v) is 2.88. The smallest absolute Gasteiger partial charge is 0.331 e. The summed E-state index contributed by atoms with van der Waals surface area (Å²) in [6.45, 7) is 7.10. The molecule has 11 heteroatoms. The fraction of sp³-hybridized carbons (Fsp3) is 0.286. The number of carbonyl (C=O) groups excluding carboxylic acids is 3. The van der Waals surface area contributed by atoms with E-state index in [1.54, 1.807) is 26.0 Å². The fourth-order valence-electron chi connectivity index (χ4n) is 2.88. The van der Waals surface area contributed by atoms with Crippen molar-refractivity contribution in [2.45, 2.75) is 33.1 Å². The molecule has 0 aliphatic carbocycles. The van der Waals surface area contributed by atoms with E-state index in [-0.39, 0.29) is 42.3 Å². The molecule has 0 radical (unpaired) electrons. The number of phenols is 3. The lowest BCUT2D eigenvalue weighted by atomic mass is 9.93. The second-order valence-corrected chi connectivity index (χ2v) is 7.53. The third-order valence-corrected chi connectivity index (χ3v) is 4.57. The number of hydrogen-bond donors (Lipinski definition) is 4. The SMILES string of the molecule is C#C.C=C(CC(=O)OCC)C(=O)O.CCOC(=O)CC1Cc2ccc(O)cc2OC1=O.Oc1cccc(O)c1. The summed E-state index contributed by atoms with van der Waals surface area (Å²) in [4.78, 5) is 43.8. The topological polar surface area (TPSA) is 177 Å². The lowest BCUT2D eigenvalue weighted by molar-refractivity contribution is -0.150. The van der Waals surface area contributed by atoms with Crippen LogP contribution in [0.3, 0.4) is 0 Å². The lowest BCUT2D eigenvalue weighted by Gasteiger charge is -2.22. The summed E-state index contributed by atoms with van der Waals surface area (Å²) in [5.41, 5.74) is 0.658. The van der Waals surface area contributed by atoms with Crippen LogP contribution in [0.5, 0.6) is 23.0 Å². The molecule has 1 aliphatic heterocycles. The van der Waals surface area contributed by atoms with E-state index in [1.807, 2.05) is 0 Å². The largest absolute Gasteiger partial charge is 0.508 e. The number of phenolic OH excluding ortho intramolecular Hbond substituents is 3. The number of carbonyl (C=O) groups is 4. The average molecular weight is 545 g/mol. The second kappa shape index (κ2) is 18.3. The van der Waals surface area contributed by atoms with E-state index in [1.165, 1.54) is 30.3 Å². The van der Waals surface area contributed by atoms with Crippen LogP contribution in [0, 0.1) is 18.8 Å². The van der Waals surface area contributed by atoms with Gasteiger partial charge in [-0.25, -0.2) is 4.79 Å². The Balaban J connectivity index is 0.000000588. The van der Waals surface area contributed by atoms with Gasteiger partial charge in [0, 0.05) is 17.7 Å². The second-order valence-electron chi connectivity index (χ2n) is 7.53. The van der Waals surface area contributed by atoms with Crippen molar-refractivity contribution < 1.29 is 53.8 Å². The molecule has 0 bridgehead atoms. The van der Waals surface area contributed by atoms with E-state index in [0.717, 1.165) is 5.56 Å². The van der Waals surface area contributed by atoms with Gasteiger partial charge in [0.1, 0.15) is 23.0 Å². The number of benzene rings is 2. The monoisotopic (exact) mass is 544 g/mol. The van der Waals surface area contributed by atoms with Gasteiger partial charge in [-0.2, -0.15) is 0 Å². The molecule has 1 atom stereocenters. The van der Waals surface area contributed by atoms with Gasteiger partial charge in [0.2, 0.25) is 0 Å². The van der Waals surface area contributed by atoms with Gasteiger partial charge >= 0.3 is 23.9 Å². The Morgan fingerprint density at radius 1 is 0.949 bits per heavy atom. The van der Waals surface area contributed by atoms with Gasteiger partial charge in [0.05, 0.1) is 32.0 Å². The van der Waals surface area contributed by atoms with Crippen molar-refractivity contribution in [3.05, 3.63) is 60.2 Å². The number of fused-ring (bicyclic) bond motifs is 1. The van der Waals surface area contributed by atoms with E-state index in [0.29, 0.717) is 18.8 Å². The molecule has 0 fully saturated rings. The third kappa shape index (κ3) is 13.8. The average Bonchev–Trinajstić information content (AvgIpc) is 2.87. The zero-order valence-corrected chi connectivity index (χ0v) is 21.7. The van der Waals surface area contributed by atoms with Crippen LogP contribution >= 0.6 is 0 Å². The van der Waals surface area contributed by atoms with E-state index in [9.17, 15) is 24.3 Å². The molecule has 11 nitrogen and oxygen atoms in total. The van der Waals surface area contributed by atoms with Crippen molar-refractivity contribution in [3.8, 4) is 35.8 Å². The number of terminal acetylenes is 1. The van der Waals surface area contributed by atoms with Crippen LogP contribution < -0.4 is 4.74 Å². The predicted octanol–water partition coefficient (Wildman–Crippen LogP) is 3.35. The normalized spacial score (nSPS) is 12.6. The maximum Gasteiger partial charge on any atom is 0.331 e. The minimum atomic E-state index is -1.17. The van der Waals surface area contributed by atoms with Crippen LogP contribution in [0.15, 0.2) is 54.6 Å². The van der Waals surface area contributed by atoms with Crippen molar-refractivity contribution in [2.75, 3.05) is 13.2 Å². The van der Waals surface area contributed by atoms with Crippen molar-refractivity contribution in [1.82, 2.24) is 0 Å². The molecule has 210 valence electrons. The highest BCUT2D eigenvalue weighted by molar-refractivity contribution is 5.91. The summed E-state index contributed by atoms with van der Waals surface area (Å²) in [5, 5.41) is 34.9. The molecule has 1 heterocycles. The van der Waals surface area contributed by atoms with Crippen LogP contribution in [0.4, 0.5) is 0 Å². The number of aromatic hydroxyl groups is 3. The Morgan fingerprint density at radius 2 is 1.49 bits per heavy atom. The molecule has 1 unspecified atom stereocenters. The Bertz CT molecular complexity index is 1130. The lowest BCUT2D eigenvalue weighted by Crippen LogP contribution is -2.30. The highest BCUT2D eigenvalue weighted by Gasteiger charge is 2.30. The van der Waals surface area contributed by atoms with Gasteiger partial charge in [-0.15, -0.1) is 12.8 Å². The van der Waals surface area contributed by atoms with E-state index < -0.39 is 29.8 Å². The summed E-state index contributed by atoms with van der Waals surface area (Å²) in [5.74, 6) is -2.51. The zero-order valence-electron chi connectivity index (χ0n) is 21.7. The number of carboxylic acid groups (broad SMARTS) is 1. The summed E-state index contributed by atoms with van der Waals surface area (Å²) in [6.07, 6.45) is 8.20. The molecule has 1 aliphatic rings. The number of rotatable bonds is 7. The number of hydrogen-bond acceptors (Lipinski definition) is 10. The Hall–Kier alpha value is -4.98. The van der Waals surface area contributed by atoms with E-state index in [2.05, 4.69) is 24.2 Å². The molecular formula is C28H32O11. The van der Waals surface area contributed by atoms with Crippen molar-refractivity contribution in [3.63, 3.8) is 0 Å². The van der Waals surface area contributed by atoms with Crippen LogP contribution in [0.2, 0.25) is 0 Å². The summed E-state index contributed by atoms with van der Waals surface area (Å²) in [7, 11) is 0. The number of ether oxygens (including phenoxy) is 3. The quantitative estimate of drug-likeness (QED) is 0.174. The first-order valence-corrected chi connectivity index (χ1v) is 11.5. The van der Waals surface area contributed by atoms with Gasteiger partial charge in [-0.05, 0) is 44.0 Å². The Labute approximate surface area is 226 Å². The Kier molecular flexibility index (Phi) is 16.0. The first-order chi connectivity index (χ1) is 18.5. The van der Waals surface area contributed by atoms with E-state index >= 15 is 0 Å². The Morgan fingerprint density at radius 3 is 1.97 bits per heavy atom. The molecule has 4 N–H and O–H groups in total. The van der Waals surface area contributed by atoms with E-state index in [4.69, 9.17) is 24.8 Å². The molecule has 0 aromatic heterocycles. The highest BCUT2D eigenvalue weighted by atomic mass is 16.5. The standard InChI is InChI=1S/C13H14O5.C7H10O4.C6H6O2.C2H2/c1-2-17-12(15)6-9-5-8-3-4-10(14)7-11(8)18-13(9)16;1-3-11-6(8)4-5(2)7(9)10;7-5-2-1-3-6(8)4-5;1-2/h3-4,7,9,14H,2,5-6H2,1H3;2-4H2,1H3,(H,9,10);1-4,7-8H;1-2H. The van der Waals surface area contributed by atoms with Gasteiger partial charge < -0.3 is 34.6 Å². The summed E-state index contributed by atoms with van der Waals surface area (Å²) in [6, 6.07) is 10.5. The predicted molar refractivity (Wildman–Crippen MR) is 140 cm³/mol. The first kappa shape index (κ1) is 34.0. The third-order valence-electron chi connectivity index (χ3n) is 4.57. The molecule has 0 spiro atoms. The minimum Gasteiger partial charge on any atom is -0.508 e. The van der Waals surface area contributed by atoms with Crippen molar-refractivity contribution in [2.24, 2.45) is 5.92 Å². The van der Waals surface area contributed by atoms with Gasteiger partial charge in [-0.3, -0.25) is 14.4 Å². The summed E-state index contributed by atoms with van der Waals surface area (Å²) >= 11 is 0. The summed E-state index contributed by atoms with van der Waals surface area (Å²) < 4.78 is 14.4.